The molecule has 0 aliphatic carbocycles. The first kappa shape index (κ1) is 20.1. The van der Waals surface area contributed by atoms with Crippen LogP contribution < -0.4 is 0 Å². The van der Waals surface area contributed by atoms with Gasteiger partial charge in [0.25, 0.3) is 0 Å². The summed E-state index contributed by atoms with van der Waals surface area (Å²) in [6, 6.07) is 9.08. The molecule has 0 aromatic heterocycles. The molecule has 1 fully saturated rings. The number of imide groups is 1. The fourth-order valence-corrected chi connectivity index (χ4v) is 3.24. The second-order valence-electron chi connectivity index (χ2n) is 7.28. The van der Waals surface area contributed by atoms with Gasteiger partial charge in [0.2, 0.25) is 5.91 Å². The molecule has 6 nitrogen and oxygen atoms in total. The summed E-state index contributed by atoms with van der Waals surface area (Å²) in [4.78, 5) is 38.6. The maximum atomic E-state index is 12.8. The summed E-state index contributed by atoms with van der Waals surface area (Å²) in [7, 11) is 0. The third-order valence-electron chi connectivity index (χ3n) is 4.95. The van der Waals surface area contributed by atoms with E-state index in [1.165, 1.54) is 6.92 Å². The van der Waals surface area contributed by atoms with Gasteiger partial charge in [0.15, 0.2) is 0 Å². The highest BCUT2D eigenvalue weighted by Crippen LogP contribution is 2.23. The van der Waals surface area contributed by atoms with Crippen molar-refractivity contribution in [1.82, 2.24) is 4.90 Å². The Hall–Kier alpha value is -2.21. The minimum Gasteiger partial charge on any atom is -0.447 e. The Balaban J connectivity index is 2.12. The molecule has 0 bridgehead atoms. The van der Waals surface area contributed by atoms with Gasteiger partial charge < -0.3 is 9.84 Å². The second kappa shape index (κ2) is 8.45. The first-order chi connectivity index (χ1) is 12.2. The summed E-state index contributed by atoms with van der Waals surface area (Å²) in [5.41, 5.74) is 0.983. The second-order valence-corrected chi connectivity index (χ2v) is 7.28. The zero-order chi connectivity index (χ0) is 19.4. The number of carbonyl (C=O) groups excluding carboxylic acids is 3. The molecular formula is C20H27NO5. The maximum Gasteiger partial charge on any atom is 0.417 e. The molecule has 6 heteroatoms. The maximum absolute atomic E-state index is 12.8. The number of aliphatic hydroxyl groups excluding tert-OH is 1. The molecule has 1 aliphatic rings. The van der Waals surface area contributed by atoms with Gasteiger partial charge in [-0.15, -0.1) is 0 Å². The van der Waals surface area contributed by atoms with Crippen molar-refractivity contribution in [2.24, 2.45) is 17.8 Å². The van der Waals surface area contributed by atoms with Gasteiger partial charge in [0.05, 0.1) is 18.1 Å². The van der Waals surface area contributed by atoms with Gasteiger partial charge >= 0.3 is 6.09 Å². The topological polar surface area (TPSA) is 83.9 Å². The van der Waals surface area contributed by atoms with Crippen molar-refractivity contribution >= 4 is 17.8 Å². The molecule has 0 spiro atoms. The average molecular weight is 361 g/mol. The Bertz CT molecular complexity index is 657. The molecule has 2 rings (SSSR count). The van der Waals surface area contributed by atoms with E-state index in [0.29, 0.717) is 6.42 Å². The molecule has 1 aromatic carbocycles. The van der Waals surface area contributed by atoms with Gasteiger partial charge in [-0.25, -0.2) is 9.69 Å². The number of ketones is 1. The highest BCUT2D eigenvalue weighted by atomic mass is 16.6. The molecule has 0 saturated carbocycles. The third kappa shape index (κ3) is 4.30. The summed E-state index contributed by atoms with van der Waals surface area (Å²) in [5.74, 6) is -2.73. The van der Waals surface area contributed by atoms with E-state index in [4.69, 9.17) is 4.74 Å². The summed E-state index contributed by atoms with van der Waals surface area (Å²) >= 11 is 0. The number of Topliss-reactive ketones (excluding diaryl/α,β-unsaturated/α-hetero) is 1. The fraction of sp³-hybridized carbons (Fsp3) is 0.550. The molecule has 1 aliphatic heterocycles. The van der Waals surface area contributed by atoms with E-state index in [-0.39, 0.29) is 18.3 Å². The van der Waals surface area contributed by atoms with Gasteiger partial charge in [-0.1, -0.05) is 51.1 Å². The van der Waals surface area contributed by atoms with Crippen molar-refractivity contribution in [2.75, 3.05) is 6.61 Å². The number of carbonyl (C=O) groups is 3. The molecule has 1 N–H and O–H groups in total. The van der Waals surface area contributed by atoms with E-state index in [2.05, 4.69) is 0 Å². The molecule has 1 aromatic rings. The first-order valence-corrected chi connectivity index (χ1v) is 8.99. The molecule has 142 valence electrons. The van der Waals surface area contributed by atoms with Crippen LogP contribution in [0.25, 0.3) is 0 Å². The Morgan fingerprint density at radius 1 is 1.19 bits per heavy atom. The van der Waals surface area contributed by atoms with Crippen LogP contribution >= 0.6 is 0 Å². The van der Waals surface area contributed by atoms with Crippen LogP contribution in [-0.2, 0) is 20.7 Å². The smallest absolute Gasteiger partial charge is 0.417 e. The van der Waals surface area contributed by atoms with Crippen molar-refractivity contribution in [3.63, 3.8) is 0 Å². The number of rotatable bonds is 7. The Morgan fingerprint density at radius 2 is 1.81 bits per heavy atom. The number of ether oxygens (including phenoxy) is 1. The van der Waals surface area contributed by atoms with E-state index in [1.807, 2.05) is 44.2 Å². The monoisotopic (exact) mass is 361 g/mol. The average Bonchev–Trinajstić information content (AvgIpc) is 2.99. The zero-order valence-electron chi connectivity index (χ0n) is 15.7. The van der Waals surface area contributed by atoms with Crippen LogP contribution in [0.4, 0.5) is 4.79 Å². The van der Waals surface area contributed by atoms with Crippen molar-refractivity contribution < 1.29 is 24.2 Å². The van der Waals surface area contributed by atoms with E-state index < -0.39 is 36.0 Å². The predicted octanol–water partition coefficient (Wildman–Crippen LogP) is 2.43. The Labute approximate surface area is 154 Å². The minimum atomic E-state index is -1.01. The molecule has 0 unspecified atom stereocenters. The molecule has 4 atom stereocenters. The van der Waals surface area contributed by atoms with Crippen molar-refractivity contribution in [2.45, 2.75) is 46.3 Å². The highest BCUT2D eigenvalue weighted by molar-refractivity contribution is 6.07. The number of hydrogen-bond acceptors (Lipinski definition) is 5. The van der Waals surface area contributed by atoms with Crippen LogP contribution in [0.2, 0.25) is 0 Å². The standard InChI is InChI=1S/C20H27NO5/c1-12(2)17(22)13(3)18(23)14(4)19(24)21-16(11-26-20(21)25)10-15-8-6-5-7-9-15/h5-9,12-14,16-17,22H,10-11H2,1-4H3/t13-,14-,16-,17+/m0/s1. The van der Waals surface area contributed by atoms with Crippen LogP contribution in [-0.4, -0.2) is 46.5 Å². The van der Waals surface area contributed by atoms with Crippen LogP contribution in [0.1, 0.15) is 33.3 Å². The number of nitrogens with zero attached hydrogens (tertiary/aromatic N) is 1. The van der Waals surface area contributed by atoms with E-state index in [9.17, 15) is 19.5 Å². The lowest BCUT2D eigenvalue weighted by atomic mass is 9.85. The third-order valence-corrected chi connectivity index (χ3v) is 4.95. The van der Waals surface area contributed by atoms with E-state index in [0.717, 1.165) is 10.5 Å². The SMILES string of the molecule is CC(C)[C@@H](O)[C@H](C)C(=O)[C@H](C)C(=O)N1C(=O)OC[C@@H]1Cc1ccccc1. The van der Waals surface area contributed by atoms with Crippen LogP contribution in [0.3, 0.4) is 0 Å². The fourth-order valence-electron chi connectivity index (χ4n) is 3.24. The van der Waals surface area contributed by atoms with Gasteiger partial charge in [0, 0.05) is 5.92 Å². The number of cyclic esters (lactones) is 1. The van der Waals surface area contributed by atoms with Crippen molar-refractivity contribution in [1.29, 1.82) is 0 Å². The predicted molar refractivity (Wildman–Crippen MR) is 96.3 cm³/mol. The number of aliphatic hydroxyl groups is 1. The van der Waals surface area contributed by atoms with Crippen LogP contribution in [0.15, 0.2) is 30.3 Å². The Kier molecular flexibility index (Phi) is 6.53. The minimum absolute atomic E-state index is 0.0983. The number of hydrogen-bond donors (Lipinski definition) is 1. The molecule has 26 heavy (non-hydrogen) atoms. The lowest BCUT2D eigenvalue weighted by molar-refractivity contribution is -0.142. The van der Waals surface area contributed by atoms with E-state index in [1.54, 1.807) is 6.92 Å². The number of benzene rings is 1. The first-order valence-electron chi connectivity index (χ1n) is 8.99. The highest BCUT2D eigenvalue weighted by Gasteiger charge is 2.42. The lowest BCUT2D eigenvalue weighted by Crippen LogP contribution is -2.46. The zero-order valence-corrected chi connectivity index (χ0v) is 15.7. The van der Waals surface area contributed by atoms with E-state index >= 15 is 0 Å². The lowest BCUT2D eigenvalue weighted by Gasteiger charge is -2.26. The van der Waals surface area contributed by atoms with Crippen molar-refractivity contribution in [3.8, 4) is 0 Å². The molecule has 1 saturated heterocycles. The number of amides is 2. The summed E-state index contributed by atoms with van der Waals surface area (Å²) < 4.78 is 5.05. The van der Waals surface area contributed by atoms with Gasteiger partial charge in [-0.2, -0.15) is 0 Å². The van der Waals surface area contributed by atoms with Crippen LogP contribution in [0, 0.1) is 17.8 Å². The largest absolute Gasteiger partial charge is 0.447 e. The normalized spacial score (nSPS) is 20.6. The van der Waals surface area contributed by atoms with Gasteiger partial charge in [0.1, 0.15) is 12.4 Å². The van der Waals surface area contributed by atoms with Crippen LogP contribution in [0.5, 0.6) is 0 Å². The summed E-state index contributed by atoms with van der Waals surface area (Å²) in [6.07, 6.45) is -1.07. The summed E-state index contributed by atoms with van der Waals surface area (Å²) in [5, 5.41) is 10.1. The molecule has 1 heterocycles. The quantitative estimate of drug-likeness (QED) is 0.754. The molecular weight excluding hydrogens is 334 g/mol. The molecule has 2 amide bonds. The molecule has 0 radical (unpaired) electrons. The van der Waals surface area contributed by atoms with Gasteiger partial charge in [-0.05, 0) is 24.8 Å². The Morgan fingerprint density at radius 3 is 2.38 bits per heavy atom. The van der Waals surface area contributed by atoms with Crippen molar-refractivity contribution in [3.05, 3.63) is 35.9 Å². The summed E-state index contributed by atoms with van der Waals surface area (Å²) in [6.45, 7) is 6.84. The van der Waals surface area contributed by atoms with Gasteiger partial charge in [-0.3, -0.25) is 9.59 Å².